The van der Waals surface area contributed by atoms with Crippen molar-refractivity contribution in [3.05, 3.63) is 46.4 Å². The summed E-state index contributed by atoms with van der Waals surface area (Å²) in [6.45, 7) is 5.54. The van der Waals surface area contributed by atoms with Crippen molar-refractivity contribution in [1.29, 1.82) is 5.26 Å². The number of hydrogen-bond acceptors (Lipinski definition) is 6. The van der Waals surface area contributed by atoms with Gasteiger partial charge in [-0.1, -0.05) is 0 Å². The summed E-state index contributed by atoms with van der Waals surface area (Å²) in [5.41, 5.74) is 1.20. The quantitative estimate of drug-likeness (QED) is 0.212. The summed E-state index contributed by atoms with van der Waals surface area (Å²) in [6.07, 6.45) is 1.33. The van der Waals surface area contributed by atoms with Crippen molar-refractivity contribution in [1.82, 2.24) is 0 Å². The second kappa shape index (κ2) is 9.71. The largest absolute Gasteiger partial charge is 0.506 e. The molecule has 28 heavy (non-hydrogen) atoms. The summed E-state index contributed by atoms with van der Waals surface area (Å²) in [5, 5.41) is 22.6. The van der Waals surface area contributed by atoms with Gasteiger partial charge in [-0.2, -0.15) is 5.26 Å². The van der Waals surface area contributed by atoms with Gasteiger partial charge in [0, 0.05) is 14.0 Å². The van der Waals surface area contributed by atoms with E-state index in [4.69, 9.17) is 4.74 Å². The van der Waals surface area contributed by atoms with Crippen molar-refractivity contribution in [3.63, 3.8) is 0 Å². The maximum atomic E-state index is 12.6. The van der Waals surface area contributed by atoms with Crippen LogP contribution in [0.1, 0.15) is 33.3 Å². The highest BCUT2D eigenvalue weighted by molar-refractivity contribution is 14.1. The molecule has 9 heteroatoms. The van der Waals surface area contributed by atoms with Crippen molar-refractivity contribution in [3.8, 4) is 11.8 Å². The number of phenols is 1. The van der Waals surface area contributed by atoms with Gasteiger partial charge < -0.3 is 15.2 Å². The molecule has 2 rings (SSSR count). The van der Waals surface area contributed by atoms with Crippen LogP contribution in [-0.4, -0.2) is 23.6 Å². The zero-order valence-corrected chi connectivity index (χ0v) is 20.4. The van der Waals surface area contributed by atoms with E-state index >= 15 is 0 Å². The van der Waals surface area contributed by atoms with Gasteiger partial charge in [-0.15, -0.1) is 11.3 Å². The summed E-state index contributed by atoms with van der Waals surface area (Å²) in [4.78, 5) is 25.8. The number of amides is 1. The number of benzene rings is 1. The summed E-state index contributed by atoms with van der Waals surface area (Å²) in [7, 11) is 0. The number of esters is 1. The number of anilines is 1. The van der Waals surface area contributed by atoms with Gasteiger partial charge in [-0.25, -0.2) is 4.79 Å². The van der Waals surface area contributed by atoms with Crippen LogP contribution in [0.25, 0.3) is 6.08 Å². The highest BCUT2D eigenvalue weighted by Gasteiger charge is 2.23. The first kappa shape index (κ1) is 22.6. The number of phenolic OH excluding ortho intramolecular Hbond substituents is 1. The van der Waals surface area contributed by atoms with Gasteiger partial charge in [0.15, 0.2) is 0 Å². The Morgan fingerprint density at radius 3 is 2.64 bits per heavy atom. The minimum absolute atomic E-state index is 0.00316. The molecule has 0 saturated carbocycles. The van der Waals surface area contributed by atoms with Crippen LogP contribution in [0.3, 0.4) is 0 Å². The van der Waals surface area contributed by atoms with E-state index in [1.54, 1.807) is 26.0 Å². The number of carbonyl (C=O) groups is 2. The van der Waals surface area contributed by atoms with Gasteiger partial charge in [-0.3, -0.25) is 4.79 Å². The summed E-state index contributed by atoms with van der Waals surface area (Å²) < 4.78 is 6.54. The number of ether oxygens (including phenoxy) is 1. The smallest absolute Gasteiger partial charge is 0.341 e. The SMILES string of the molecule is CCOC(=O)c1c(NC(=O)/C(C#N)=C/c2cc(I)cc(I)c2O)sc(C)c1C. The van der Waals surface area contributed by atoms with Gasteiger partial charge in [0.25, 0.3) is 5.91 Å². The Labute approximate surface area is 193 Å². The van der Waals surface area contributed by atoms with Crippen LogP contribution in [0.5, 0.6) is 5.75 Å². The first-order chi connectivity index (χ1) is 13.2. The lowest BCUT2D eigenvalue weighted by Gasteiger charge is -2.07. The lowest BCUT2D eigenvalue weighted by atomic mass is 10.1. The Morgan fingerprint density at radius 1 is 1.36 bits per heavy atom. The third-order valence-electron chi connectivity index (χ3n) is 3.81. The van der Waals surface area contributed by atoms with Gasteiger partial charge >= 0.3 is 5.97 Å². The molecule has 0 spiro atoms. The van der Waals surface area contributed by atoms with Crippen LogP contribution < -0.4 is 5.32 Å². The molecule has 1 heterocycles. The fourth-order valence-electron chi connectivity index (χ4n) is 2.33. The topological polar surface area (TPSA) is 99.4 Å². The van der Waals surface area contributed by atoms with E-state index in [2.05, 4.69) is 27.9 Å². The first-order valence-electron chi connectivity index (χ1n) is 8.07. The maximum Gasteiger partial charge on any atom is 0.341 e. The van der Waals surface area contributed by atoms with Crippen LogP contribution in [-0.2, 0) is 9.53 Å². The number of hydrogen-bond donors (Lipinski definition) is 2. The molecule has 0 atom stereocenters. The second-order valence-electron chi connectivity index (χ2n) is 5.66. The van der Waals surface area contributed by atoms with Crippen molar-refractivity contribution >= 4 is 79.5 Å². The van der Waals surface area contributed by atoms with Crippen LogP contribution in [0.2, 0.25) is 0 Å². The van der Waals surface area contributed by atoms with Gasteiger partial charge in [-0.05, 0) is 89.7 Å². The zero-order chi connectivity index (χ0) is 21.0. The minimum Gasteiger partial charge on any atom is -0.506 e. The summed E-state index contributed by atoms with van der Waals surface area (Å²) >= 11 is 5.31. The molecule has 0 radical (unpaired) electrons. The Morgan fingerprint density at radius 2 is 2.04 bits per heavy atom. The average molecular weight is 622 g/mol. The number of nitriles is 1. The molecule has 0 aliphatic heterocycles. The number of aromatic hydroxyl groups is 1. The third-order valence-corrected chi connectivity index (χ3v) is 6.38. The monoisotopic (exact) mass is 622 g/mol. The van der Waals surface area contributed by atoms with Crippen LogP contribution >= 0.6 is 56.5 Å². The number of nitrogens with zero attached hydrogens (tertiary/aromatic N) is 1. The van der Waals surface area contributed by atoms with E-state index in [1.807, 2.05) is 35.6 Å². The molecular weight excluding hydrogens is 606 g/mol. The number of nitrogens with one attached hydrogen (secondary N) is 1. The number of rotatable bonds is 5. The standard InChI is InChI=1S/C19H16I2N2O4S/c1-4-27-19(26)15-9(2)10(3)28-18(15)23-17(25)12(8-22)5-11-6-13(20)7-14(21)16(11)24/h5-7,24H,4H2,1-3H3,(H,23,25)/b12-5+. The third kappa shape index (κ3) is 5.03. The Hall–Kier alpha value is -1.65. The van der Waals surface area contributed by atoms with Gasteiger partial charge in [0.1, 0.15) is 22.4 Å². The van der Waals surface area contributed by atoms with Crippen LogP contribution in [0.15, 0.2) is 17.7 Å². The van der Waals surface area contributed by atoms with Crippen LogP contribution in [0.4, 0.5) is 5.00 Å². The van der Waals surface area contributed by atoms with Gasteiger partial charge in [0.05, 0.1) is 15.7 Å². The molecule has 0 saturated heterocycles. The molecule has 2 N–H and O–H groups in total. The van der Waals surface area contributed by atoms with E-state index in [0.717, 1.165) is 14.0 Å². The lowest BCUT2D eigenvalue weighted by molar-refractivity contribution is -0.112. The van der Waals surface area contributed by atoms with Crippen molar-refractivity contribution in [2.75, 3.05) is 11.9 Å². The molecule has 0 fully saturated rings. The lowest BCUT2D eigenvalue weighted by Crippen LogP contribution is -2.16. The molecular formula is C19H16I2N2O4S. The first-order valence-corrected chi connectivity index (χ1v) is 11.0. The van der Waals surface area contributed by atoms with Crippen molar-refractivity contribution in [2.45, 2.75) is 20.8 Å². The van der Waals surface area contributed by atoms with E-state index in [1.165, 1.54) is 17.4 Å². The maximum absolute atomic E-state index is 12.6. The van der Waals surface area contributed by atoms with Crippen LogP contribution in [0, 0.1) is 32.3 Å². The summed E-state index contributed by atoms with van der Waals surface area (Å²) in [5.74, 6) is -1.19. The molecule has 0 unspecified atom stereocenters. The number of halogens is 2. The van der Waals surface area contributed by atoms with E-state index in [9.17, 15) is 20.0 Å². The summed E-state index contributed by atoms with van der Waals surface area (Å²) in [6, 6.07) is 5.31. The normalized spacial score (nSPS) is 11.1. The van der Waals surface area contributed by atoms with Crippen molar-refractivity contribution < 1.29 is 19.4 Å². The van der Waals surface area contributed by atoms with Gasteiger partial charge in [0.2, 0.25) is 0 Å². The molecule has 0 aliphatic rings. The number of thiophene rings is 1. The minimum atomic E-state index is -0.664. The average Bonchev–Trinajstić information content (AvgIpc) is 2.90. The molecule has 146 valence electrons. The number of aryl methyl sites for hydroxylation is 1. The highest BCUT2D eigenvalue weighted by atomic mass is 127. The van der Waals surface area contributed by atoms with Crippen molar-refractivity contribution in [2.24, 2.45) is 0 Å². The van der Waals surface area contributed by atoms with E-state index < -0.39 is 11.9 Å². The molecule has 2 aromatic rings. The fraction of sp³-hybridized carbons (Fsp3) is 0.211. The molecule has 0 bridgehead atoms. The number of carbonyl (C=O) groups excluding carboxylic acids is 2. The fourth-order valence-corrected chi connectivity index (χ4v) is 5.27. The Kier molecular flexibility index (Phi) is 7.85. The highest BCUT2D eigenvalue weighted by Crippen LogP contribution is 2.34. The van der Waals surface area contributed by atoms with E-state index in [-0.39, 0.29) is 17.9 Å². The zero-order valence-electron chi connectivity index (χ0n) is 15.2. The molecule has 0 aliphatic carbocycles. The second-order valence-corrected chi connectivity index (χ2v) is 9.29. The molecule has 1 aromatic carbocycles. The predicted molar refractivity (Wildman–Crippen MR) is 126 cm³/mol. The molecule has 1 amide bonds. The predicted octanol–water partition coefficient (Wildman–Crippen LogP) is 5.00. The molecule has 1 aromatic heterocycles. The molecule has 6 nitrogen and oxygen atoms in total. The Balaban J connectivity index is 2.40. The van der Waals surface area contributed by atoms with E-state index in [0.29, 0.717) is 19.7 Å². The Bertz CT molecular complexity index is 1020.